The maximum atomic E-state index is 12.3. The fourth-order valence-electron chi connectivity index (χ4n) is 3.06. The summed E-state index contributed by atoms with van der Waals surface area (Å²) in [7, 11) is 0. The number of hydrogen-bond donors (Lipinski definition) is 1. The van der Waals surface area contributed by atoms with Crippen LogP contribution in [0, 0.1) is 10.8 Å². The lowest BCUT2D eigenvalue weighted by Crippen LogP contribution is -2.49. The monoisotopic (exact) mass is 268 g/mol. The van der Waals surface area contributed by atoms with Crippen molar-refractivity contribution in [3.8, 4) is 0 Å². The molecule has 0 amide bonds. The molecule has 0 bridgehead atoms. The van der Waals surface area contributed by atoms with Gasteiger partial charge >= 0.3 is 0 Å². The first kappa shape index (κ1) is 16.0. The highest BCUT2D eigenvalue weighted by Gasteiger charge is 2.59. The molecule has 1 saturated carbocycles. The normalized spacial score (nSPS) is 31.5. The van der Waals surface area contributed by atoms with Gasteiger partial charge in [-0.2, -0.15) is 0 Å². The molecule has 1 aliphatic rings. The minimum Gasteiger partial charge on any atom is -0.389 e. The van der Waals surface area contributed by atoms with Crippen molar-refractivity contribution in [2.45, 2.75) is 65.4 Å². The third-order valence-corrected chi connectivity index (χ3v) is 4.37. The SMILES string of the molecule is CCC(=O)C[C@]1(CC(C)(C)C=O)C(=O)CC[C@@]1(C)O. The highest BCUT2D eigenvalue weighted by atomic mass is 16.3. The summed E-state index contributed by atoms with van der Waals surface area (Å²) in [4.78, 5) is 35.3. The number of Topliss-reactive ketones (excluding diaryl/α,β-unsaturated/α-hetero) is 2. The second kappa shape index (κ2) is 5.16. The Balaban J connectivity index is 3.20. The Morgan fingerprint density at radius 2 is 2.05 bits per heavy atom. The van der Waals surface area contributed by atoms with E-state index in [9.17, 15) is 19.5 Å². The van der Waals surface area contributed by atoms with E-state index in [0.717, 1.165) is 6.29 Å². The summed E-state index contributed by atoms with van der Waals surface area (Å²) < 4.78 is 0. The second-order valence-electron chi connectivity index (χ2n) is 6.63. The Morgan fingerprint density at radius 1 is 1.47 bits per heavy atom. The molecular formula is C15H24O4. The molecule has 108 valence electrons. The molecule has 0 spiro atoms. The van der Waals surface area contributed by atoms with Crippen LogP contribution in [0.3, 0.4) is 0 Å². The molecule has 0 unspecified atom stereocenters. The summed E-state index contributed by atoms with van der Waals surface area (Å²) in [6, 6.07) is 0. The molecule has 0 aliphatic heterocycles. The van der Waals surface area contributed by atoms with Gasteiger partial charge in [0.2, 0.25) is 0 Å². The molecule has 0 saturated heterocycles. The maximum absolute atomic E-state index is 12.3. The minimum atomic E-state index is -1.21. The Labute approximate surface area is 114 Å². The van der Waals surface area contributed by atoms with Crippen LogP contribution in [0.4, 0.5) is 0 Å². The first-order valence-corrected chi connectivity index (χ1v) is 6.84. The number of rotatable bonds is 6. The predicted molar refractivity (Wildman–Crippen MR) is 71.7 cm³/mol. The second-order valence-corrected chi connectivity index (χ2v) is 6.63. The smallest absolute Gasteiger partial charge is 0.142 e. The Bertz CT molecular complexity index is 395. The molecule has 0 radical (unpaired) electrons. The van der Waals surface area contributed by atoms with Crippen molar-refractivity contribution in [2.24, 2.45) is 10.8 Å². The summed E-state index contributed by atoms with van der Waals surface area (Å²) in [5.74, 6) is -0.133. The van der Waals surface area contributed by atoms with Gasteiger partial charge in [-0.1, -0.05) is 20.8 Å². The first-order valence-electron chi connectivity index (χ1n) is 6.84. The van der Waals surface area contributed by atoms with Gasteiger partial charge in [-0.25, -0.2) is 0 Å². The fourth-order valence-corrected chi connectivity index (χ4v) is 3.06. The predicted octanol–water partition coefficient (Wildman–Crippen LogP) is 2.07. The van der Waals surface area contributed by atoms with E-state index >= 15 is 0 Å². The average molecular weight is 268 g/mol. The lowest BCUT2D eigenvalue weighted by Gasteiger charge is -2.41. The summed E-state index contributed by atoms with van der Waals surface area (Å²) in [6.07, 6.45) is 2.03. The average Bonchev–Trinajstić information content (AvgIpc) is 2.53. The van der Waals surface area contributed by atoms with Crippen molar-refractivity contribution in [1.29, 1.82) is 0 Å². The zero-order valence-electron chi connectivity index (χ0n) is 12.3. The summed E-state index contributed by atoms with van der Waals surface area (Å²) in [5, 5.41) is 10.6. The molecule has 19 heavy (non-hydrogen) atoms. The van der Waals surface area contributed by atoms with Crippen LogP contribution in [0.25, 0.3) is 0 Å². The Kier molecular flexibility index (Phi) is 4.35. The van der Waals surface area contributed by atoms with E-state index in [4.69, 9.17) is 0 Å². The van der Waals surface area contributed by atoms with Crippen LogP contribution >= 0.6 is 0 Å². The third-order valence-electron chi connectivity index (χ3n) is 4.37. The summed E-state index contributed by atoms with van der Waals surface area (Å²) in [6.45, 7) is 6.83. The molecule has 0 aromatic rings. The van der Waals surface area contributed by atoms with E-state index in [0.29, 0.717) is 12.8 Å². The van der Waals surface area contributed by atoms with Crippen molar-refractivity contribution >= 4 is 17.9 Å². The molecular weight excluding hydrogens is 244 g/mol. The highest BCUT2D eigenvalue weighted by molar-refractivity contribution is 5.94. The van der Waals surface area contributed by atoms with Gasteiger partial charge < -0.3 is 9.90 Å². The summed E-state index contributed by atoms with van der Waals surface area (Å²) in [5.41, 5.74) is -3.04. The maximum Gasteiger partial charge on any atom is 0.142 e. The van der Waals surface area contributed by atoms with Crippen LogP contribution in [0.1, 0.15) is 59.8 Å². The van der Waals surface area contributed by atoms with E-state index in [1.54, 1.807) is 27.7 Å². The topological polar surface area (TPSA) is 71.4 Å². The molecule has 1 aliphatic carbocycles. The van der Waals surface area contributed by atoms with Crippen molar-refractivity contribution in [3.05, 3.63) is 0 Å². The van der Waals surface area contributed by atoms with E-state index < -0.39 is 16.4 Å². The van der Waals surface area contributed by atoms with Gasteiger partial charge in [0.15, 0.2) is 0 Å². The zero-order chi connectivity index (χ0) is 14.9. The van der Waals surface area contributed by atoms with Crippen LogP contribution in [0.5, 0.6) is 0 Å². The molecule has 1 rings (SSSR count). The Morgan fingerprint density at radius 3 is 2.42 bits per heavy atom. The molecule has 1 N–H and O–H groups in total. The van der Waals surface area contributed by atoms with Crippen LogP contribution in [-0.2, 0) is 14.4 Å². The van der Waals surface area contributed by atoms with Gasteiger partial charge in [0.25, 0.3) is 0 Å². The van der Waals surface area contributed by atoms with Crippen molar-refractivity contribution in [3.63, 3.8) is 0 Å². The molecule has 0 heterocycles. The highest BCUT2D eigenvalue weighted by Crippen LogP contribution is 2.52. The van der Waals surface area contributed by atoms with Gasteiger partial charge in [-0.3, -0.25) is 9.59 Å². The minimum absolute atomic E-state index is 0.0343. The number of aliphatic hydroxyl groups is 1. The van der Waals surface area contributed by atoms with Crippen LogP contribution in [-0.4, -0.2) is 28.6 Å². The van der Waals surface area contributed by atoms with E-state index in [1.807, 2.05) is 0 Å². The van der Waals surface area contributed by atoms with Crippen molar-refractivity contribution < 1.29 is 19.5 Å². The van der Waals surface area contributed by atoms with Crippen LogP contribution in [0.2, 0.25) is 0 Å². The number of ketones is 2. The van der Waals surface area contributed by atoms with Gasteiger partial charge in [0.1, 0.15) is 17.9 Å². The fraction of sp³-hybridized carbons (Fsp3) is 0.800. The van der Waals surface area contributed by atoms with E-state index in [-0.39, 0.29) is 30.8 Å². The number of hydrogen-bond acceptors (Lipinski definition) is 4. The lowest BCUT2D eigenvalue weighted by molar-refractivity contribution is -0.147. The van der Waals surface area contributed by atoms with E-state index in [2.05, 4.69) is 0 Å². The molecule has 2 atom stereocenters. The molecule has 4 heteroatoms. The van der Waals surface area contributed by atoms with Gasteiger partial charge in [-0.05, 0) is 19.8 Å². The van der Waals surface area contributed by atoms with E-state index in [1.165, 1.54) is 0 Å². The van der Waals surface area contributed by atoms with Crippen molar-refractivity contribution in [1.82, 2.24) is 0 Å². The van der Waals surface area contributed by atoms with Gasteiger partial charge in [0.05, 0.1) is 11.0 Å². The molecule has 1 fully saturated rings. The van der Waals surface area contributed by atoms with Gasteiger partial charge in [0, 0.05) is 24.7 Å². The molecule has 4 nitrogen and oxygen atoms in total. The summed E-state index contributed by atoms with van der Waals surface area (Å²) >= 11 is 0. The van der Waals surface area contributed by atoms with Crippen molar-refractivity contribution in [2.75, 3.05) is 0 Å². The lowest BCUT2D eigenvalue weighted by atomic mass is 9.63. The quantitative estimate of drug-likeness (QED) is 0.749. The largest absolute Gasteiger partial charge is 0.389 e. The third kappa shape index (κ3) is 2.94. The number of aldehydes is 1. The Hall–Kier alpha value is -1.03. The van der Waals surface area contributed by atoms with Crippen LogP contribution < -0.4 is 0 Å². The van der Waals surface area contributed by atoms with Gasteiger partial charge in [-0.15, -0.1) is 0 Å². The molecule has 0 aromatic heterocycles. The zero-order valence-corrected chi connectivity index (χ0v) is 12.3. The molecule has 0 aromatic carbocycles. The number of carbonyl (C=O) groups excluding carboxylic acids is 3. The number of carbonyl (C=O) groups is 3. The van der Waals surface area contributed by atoms with Crippen LogP contribution in [0.15, 0.2) is 0 Å². The first-order chi connectivity index (χ1) is 8.60. The standard InChI is InChI=1S/C15H24O4/c1-5-11(17)8-15(9-13(2,3)10-16)12(18)6-7-14(15,4)19/h10,19H,5-9H2,1-4H3/t14-,15+/m1/s1.